The number of aromatic nitrogens is 4. The second kappa shape index (κ2) is 11.5. The van der Waals surface area contributed by atoms with Crippen LogP contribution in [-0.4, -0.2) is 53.0 Å². The number of fused-ring (bicyclic) bond motifs is 2. The maximum Gasteiger partial charge on any atom is 0.181 e. The molecule has 0 aliphatic carbocycles. The lowest BCUT2D eigenvalue weighted by molar-refractivity contribution is 0.255. The Balaban J connectivity index is 0.00000165. The van der Waals surface area contributed by atoms with Crippen molar-refractivity contribution in [1.29, 1.82) is 0 Å². The highest BCUT2D eigenvalue weighted by Crippen LogP contribution is 2.46. The molecule has 0 amide bonds. The summed E-state index contributed by atoms with van der Waals surface area (Å²) < 4.78 is 33.2. The molecule has 4 heterocycles. The fourth-order valence-electron chi connectivity index (χ4n) is 6.15. The van der Waals surface area contributed by atoms with Gasteiger partial charge in [0.2, 0.25) is 0 Å². The molecule has 11 heteroatoms. The van der Waals surface area contributed by atoms with Crippen molar-refractivity contribution in [3.63, 3.8) is 0 Å². The standard InChI is InChI=1S/C30H35N5O3S.H4N2/c1-16(2)39(36,37)24-9-7-6-8-21(24)27-26-19(5)34-35-30(26)33-29(32-27)23-14-17(3)25(20-10-12-31-13-11-20)22-15-18(4)38-28(22)23;1-2/h6-9,14,16,18,20,31H,10-13,15H2,1-5H3,(H,32,33,34,35);1-2H2. The van der Waals surface area contributed by atoms with Crippen molar-refractivity contribution in [3.05, 3.63) is 52.7 Å². The van der Waals surface area contributed by atoms with Gasteiger partial charge in [-0.15, -0.1) is 0 Å². The van der Waals surface area contributed by atoms with Gasteiger partial charge in [0.15, 0.2) is 21.3 Å². The van der Waals surface area contributed by atoms with Crippen LogP contribution in [-0.2, 0) is 16.3 Å². The number of hydrazine groups is 1. The van der Waals surface area contributed by atoms with E-state index in [-0.39, 0.29) is 11.0 Å². The van der Waals surface area contributed by atoms with E-state index in [0.717, 1.165) is 54.7 Å². The van der Waals surface area contributed by atoms with Crippen LogP contribution < -0.4 is 21.7 Å². The zero-order chi connectivity index (χ0) is 29.5. The number of aryl methyl sites for hydroxylation is 2. The minimum absolute atomic E-state index is 0.0653. The third-order valence-corrected chi connectivity index (χ3v) is 10.3. The van der Waals surface area contributed by atoms with Crippen molar-refractivity contribution in [1.82, 2.24) is 25.5 Å². The maximum absolute atomic E-state index is 13.4. The molecule has 1 unspecified atom stereocenters. The maximum atomic E-state index is 13.4. The SMILES string of the molecule is Cc1cc(-c2nc(-c3ccccc3S(=O)(=O)C(C)C)c3c(C)n[nH]c3n2)c2c(c1C1CCNCC1)CC(C)O2.NN. The molecule has 6 rings (SSSR count). The van der Waals surface area contributed by atoms with Gasteiger partial charge in [0, 0.05) is 17.5 Å². The molecule has 218 valence electrons. The molecule has 1 fully saturated rings. The summed E-state index contributed by atoms with van der Waals surface area (Å²) in [6, 6.07) is 9.23. The first kappa shape index (κ1) is 29.1. The highest BCUT2D eigenvalue weighted by Gasteiger charge is 2.33. The van der Waals surface area contributed by atoms with Gasteiger partial charge in [0.25, 0.3) is 0 Å². The summed E-state index contributed by atoms with van der Waals surface area (Å²) >= 11 is 0. The number of ether oxygens (including phenoxy) is 1. The molecule has 0 radical (unpaired) electrons. The lowest BCUT2D eigenvalue weighted by Gasteiger charge is -2.27. The Morgan fingerprint density at radius 1 is 1.05 bits per heavy atom. The van der Waals surface area contributed by atoms with Crippen LogP contribution in [0.2, 0.25) is 0 Å². The van der Waals surface area contributed by atoms with E-state index < -0.39 is 15.1 Å². The summed E-state index contributed by atoms with van der Waals surface area (Å²) in [7, 11) is -3.56. The van der Waals surface area contributed by atoms with Gasteiger partial charge in [0.05, 0.1) is 32.5 Å². The van der Waals surface area contributed by atoms with Crippen molar-refractivity contribution in [3.8, 4) is 28.4 Å². The van der Waals surface area contributed by atoms with E-state index in [9.17, 15) is 8.42 Å². The van der Waals surface area contributed by atoms with Crippen LogP contribution in [0.5, 0.6) is 5.75 Å². The lowest BCUT2D eigenvalue weighted by atomic mass is 9.82. The average Bonchev–Trinajstić information content (AvgIpc) is 3.55. The first-order valence-electron chi connectivity index (χ1n) is 14.1. The van der Waals surface area contributed by atoms with E-state index in [4.69, 9.17) is 14.7 Å². The van der Waals surface area contributed by atoms with Crippen molar-refractivity contribution in [2.24, 2.45) is 11.7 Å². The zero-order valence-corrected chi connectivity index (χ0v) is 25.1. The quantitative estimate of drug-likeness (QED) is 0.202. The number of hydrogen-bond donors (Lipinski definition) is 4. The molecule has 2 aromatic carbocycles. The van der Waals surface area contributed by atoms with E-state index in [1.807, 2.05) is 19.1 Å². The summed E-state index contributed by atoms with van der Waals surface area (Å²) in [5.74, 6) is 9.86. The Morgan fingerprint density at radius 2 is 1.76 bits per heavy atom. The van der Waals surface area contributed by atoms with Gasteiger partial charge in [0.1, 0.15) is 11.9 Å². The van der Waals surface area contributed by atoms with Gasteiger partial charge in [-0.25, -0.2) is 18.4 Å². The predicted octanol–water partition coefficient (Wildman–Crippen LogP) is 4.10. The number of sulfone groups is 1. The Morgan fingerprint density at radius 3 is 2.46 bits per heavy atom. The van der Waals surface area contributed by atoms with E-state index in [0.29, 0.717) is 28.6 Å². The Labute approximate surface area is 241 Å². The summed E-state index contributed by atoms with van der Waals surface area (Å²) in [4.78, 5) is 10.2. The normalized spacial score (nSPS) is 17.3. The topological polar surface area (TPSA) is 162 Å². The van der Waals surface area contributed by atoms with Gasteiger partial charge in [-0.2, -0.15) is 5.10 Å². The molecule has 4 aromatic rings. The zero-order valence-electron chi connectivity index (χ0n) is 24.3. The third-order valence-electron chi connectivity index (χ3n) is 8.10. The molecular formula is C30H39N7O3S. The minimum Gasteiger partial charge on any atom is -0.489 e. The molecule has 1 atom stereocenters. The highest BCUT2D eigenvalue weighted by molar-refractivity contribution is 7.92. The third kappa shape index (κ3) is 5.12. The monoisotopic (exact) mass is 577 g/mol. The molecule has 2 aromatic heterocycles. The second-order valence-electron chi connectivity index (χ2n) is 11.1. The van der Waals surface area contributed by atoms with Crippen LogP contribution in [0.15, 0.2) is 35.2 Å². The molecular weight excluding hydrogens is 538 g/mol. The van der Waals surface area contributed by atoms with Gasteiger partial charge >= 0.3 is 0 Å². The van der Waals surface area contributed by atoms with E-state index >= 15 is 0 Å². The van der Waals surface area contributed by atoms with Crippen LogP contribution in [0.4, 0.5) is 0 Å². The van der Waals surface area contributed by atoms with Crippen LogP contribution in [0, 0.1) is 13.8 Å². The number of benzene rings is 2. The van der Waals surface area contributed by atoms with Crippen molar-refractivity contribution < 1.29 is 13.2 Å². The van der Waals surface area contributed by atoms with Gasteiger partial charge in [-0.05, 0) is 89.7 Å². The first-order chi connectivity index (χ1) is 19.7. The Hall–Kier alpha value is -3.38. The van der Waals surface area contributed by atoms with E-state index in [1.165, 1.54) is 16.7 Å². The van der Waals surface area contributed by atoms with Crippen molar-refractivity contribution in [2.75, 3.05) is 13.1 Å². The minimum atomic E-state index is -3.56. The summed E-state index contributed by atoms with van der Waals surface area (Å²) in [5, 5.41) is 11.1. The number of H-pyrrole nitrogens is 1. The molecule has 0 spiro atoms. The average molecular weight is 578 g/mol. The second-order valence-corrected chi connectivity index (χ2v) is 13.6. The van der Waals surface area contributed by atoms with Crippen LogP contribution in [0.3, 0.4) is 0 Å². The smallest absolute Gasteiger partial charge is 0.181 e. The summed E-state index contributed by atoms with van der Waals surface area (Å²) in [6.07, 6.45) is 3.15. The van der Waals surface area contributed by atoms with Crippen molar-refractivity contribution in [2.45, 2.75) is 76.0 Å². The Bertz CT molecular complexity index is 1690. The number of nitrogens with zero attached hydrogens (tertiary/aromatic N) is 3. The largest absolute Gasteiger partial charge is 0.489 e. The van der Waals surface area contributed by atoms with E-state index in [1.54, 1.807) is 26.0 Å². The first-order valence-corrected chi connectivity index (χ1v) is 15.6. The number of nitrogens with one attached hydrogen (secondary N) is 2. The van der Waals surface area contributed by atoms with Crippen LogP contribution in [0.1, 0.15) is 61.9 Å². The highest BCUT2D eigenvalue weighted by atomic mass is 32.2. The molecule has 41 heavy (non-hydrogen) atoms. The molecule has 0 bridgehead atoms. The lowest BCUT2D eigenvalue weighted by Crippen LogP contribution is -2.27. The number of rotatable bonds is 5. The number of aromatic amines is 1. The molecule has 2 aliphatic rings. The fraction of sp³-hybridized carbons (Fsp3) is 0.433. The fourth-order valence-corrected chi connectivity index (χ4v) is 7.40. The molecule has 6 N–H and O–H groups in total. The Kier molecular flexibility index (Phi) is 8.15. The van der Waals surface area contributed by atoms with Crippen molar-refractivity contribution >= 4 is 20.9 Å². The predicted molar refractivity (Wildman–Crippen MR) is 161 cm³/mol. The van der Waals surface area contributed by atoms with E-state index in [2.05, 4.69) is 47.1 Å². The summed E-state index contributed by atoms with van der Waals surface area (Å²) in [6.45, 7) is 11.6. The molecule has 10 nitrogen and oxygen atoms in total. The van der Waals surface area contributed by atoms with Crippen LogP contribution in [0.25, 0.3) is 33.7 Å². The van der Waals surface area contributed by atoms with Gasteiger partial charge < -0.3 is 10.1 Å². The number of hydrogen-bond acceptors (Lipinski definition) is 9. The van der Waals surface area contributed by atoms with Crippen LogP contribution >= 0.6 is 0 Å². The molecule has 0 saturated carbocycles. The molecule has 1 saturated heterocycles. The van der Waals surface area contributed by atoms with Gasteiger partial charge in [-0.3, -0.25) is 16.8 Å². The molecule has 2 aliphatic heterocycles. The van der Waals surface area contributed by atoms with Gasteiger partial charge in [-0.1, -0.05) is 18.2 Å². The number of nitrogens with two attached hydrogens (primary N) is 2. The summed E-state index contributed by atoms with van der Waals surface area (Å²) in [5.41, 5.74) is 7.13. The number of piperidine rings is 1.